The summed E-state index contributed by atoms with van der Waals surface area (Å²) >= 11 is 0. The molecular formula is C28H34N2O5. The lowest BCUT2D eigenvalue weighted by molar-refractivity contribution is -0.154. The number of carboxylic acids is 1. The van der Waals surface area contributed by atoms with Crippen LogP contribution in [-0.4, -0.2) is 53.2 Å². The molecule has 0 atom stereocenters. The highest BCUT2D eigenvalue weighted by Crippen LogP contribution is 2.44. The topological polar surface area (TPSA) is 95.9 Å². The normalized spacial score (nSPS) is 16.8. The number of hydrogen-bond donors (Lipinski definition) is 2. The number of nitrogens with zero attached hydrogens (tertiary/aromatic N) is 1. The molecule has 1 heterocycles. The second kappa shape index (κ2) is 9.72. The fraction of sp³-hybridized carbons (Fsp3) is 0.464. The van der Waals surface area contributed by atoms with Gasteiger partial charge in [-0.05, 0) is 55.4 Å². The van der Waals surface area contributed by atoms with E-state index in [-0.39, 0.29) is 24.9 Å². The lowest BCUT2D eigenvalue weighted by Crippen LogP contribution is -2.51. The summed E-state index contributed by atoms with van der Waals surface area (Å²) in [6.45, 7) is 6.52. The number of benzene rings is 2. The largest absolute Gasteiger partial charge is 0.481 e. The van der Waals surface area contributed by atoms with Crippen molar-refractivity contribution in [1.82, 2.24) is 10.2 Å². The molecule has 4 rings (SSSR count). The van der Waals surface area contributed by atoms with E-state index in [1.807, 2.05) is 31.2 Å². The summed E-state index contributed by atoms with van der Waals surface area (Å²) in [5.41, 5.74) is 3.08. The van der Waals surface area contributed by atoms with E-state index in [0.717, 1.165) is 11.1 Å². The van der Waals surface area contributed by atoms with Gasteiger partial charge in [-0.25, -0.2) is 4.79 Å². The lowest BCUT2D eigenvalue weighted by Gasteiger charge is -2.39. The van der Waals surface area contributed by atoms with Crippen molar-refractivity contribution in [2.24, 2.45) is 5.41 Å². The Kier molecular flexibility index (Phi) is 6.88. The maximum absolute atomic E-state index is 12.9. The maximum atomic E-state index is 12.9. The van der Waals surface area contributed by atoms with Crippen molar-refractivity contribution in [2.45, 2.75) is 57.9 Å². The van der Waals surface area contributed by atoms with Crippen molar-refractivity contribution >= 4 is 18.0 Å². The summed E-state index contributed by atoms with van der Waals surface area (Å²) in [6.07, 6.45) is 1.01. The SMILES string of the molecule is CCC1(C(=O)O)CCN(C(=O)CC(C)(C)NC(=O)OCC2c3ccccc3-c3ccccc32)CC1. The Balaban J connectivity index is 1.32. The second-order valence-corrected chi connectivity index (χ2v) is 10.3. The van der Waals surface area contributed by atoms with Crippen molar-refractivity contribution in [2.75, 3.05) is 19.7 Å². The van der Waals surface area contributed by atoms with Crippen molar-refractivity contribution in [3.8, 4) is 11.1 Å². The third-order valence-corrected chi connectivity index (χ3v) is 7.58. The molecule has 1 saturated heterocycles. The first-order valence-electron chi connectivity index (χ1n) is 12.3. The molecule has 1 aliphatic heterocycles. The van der Waals surface area contributed by atoms with E-state index >= 15 is 0 Å². The number of alkyl carbamates (subject to hydrolysis) is 1. The van der Waals surface area contributed by atoms with Crippen LogP contribution in [0, 0.1) is 5.41 Å². The first kappa shape index (κ1) is 24.8. The fourth-order valence-corrected chi connectivity index (χ4v) is 5.35. The first-order chi connectivity index (χ1) is 16.7. The molecule has 2 aromatic rings. The average Bonchev–Trinajstić information content (AvgIpc) is 3.15. The number of ether oxygens (including phenoxy) is 1. The molecule has 35 heavy (non-hydrogen) atoms. The highest BCUT2D eigenvalue weighted by atomic mass is 16.5. The highest BCUT2D eigenvalue weighted by molar-refractivity contribution is 5.81. The minimum atomic E-state index is -0.800. The number of aliphatic carboxylic acids is 1. The summed E-state index contributed by atoms with van der Waals surface area (Å²) in [5, 5.41) is 12.4. The van der Waals surface area contributed by atoms with E-state index in [0.29, 0.717) is 32.4 Å². The third-order valence-electron chi connectivity index (χ3n) is 7.58. The van der Waals surface area contributed by atoms with Crippen LogP contribution in [0.25, 0.3) is 11.1 Å². The van der Waals surface area contributed by atoms with E-state index in [1.165, 1.54) is 11.1 Å². The van der Waals surface area contributed by atoms with Crippen LogP contribution < -0.4 is 5.32 Å². The second-order valence-electron chi connectivity index (χ2n) is 10.3. The molecule has 0 radical (unpaired) electrons. The molecule has 186 valence electrons. The highest BCUT2D eigenvalue weighted by Gasteiger charge is 2.41. The molecule has 7 nitrogen and oxygen atoms in total. The summed E-state index contributed by atoms with van der Waals surface area (Å²) in [5.74, 6) is -0.910. The van der Waals surface area contributed by atoms with Crippen LogP contribution in [0.3, 0.4) is 0 Å². The molecule has 7 heteroatoms. The van der Waals surface area contributed by atoms with Gasteiger partial charge in [-0.15, -0.1) is 0 Å². The summed E-state index contributed by atoms with van der Waals surface area (Å²) in [4.78, 5) is 38.9. The molecule has 0 saturated carbocycles. The number of carboxylic acid groups (broad SMARTS) is 1. The molecule has 2 amide bonds. The zero-order valence-electron chi connectivity index (χ0n) is 20.7. The molecule has 0 aromatic heterocycles. The van der Waals surface area contributed by atoms with Crippen molar-refractivity contribution < 1.29 is 24.2 Å². The summed E-state index contributed by atoms with van der Waals surface area (Å²) in [6, 6.07) is 16.3. The Morgan fingerprint density at radius 2 is 1.57 bits per heavy atom. The van der Waals surface area contributed by atoms with E-state index < -0.39 is 23.0 Å². The minimum Gasteiger partial charge on any atom is -0.481 e. The molecule has 1 fully saturated rings. The fourth-order valence-electron chi connectivity index (χ4n) is 5.35. The maximum Gasteiger partial charge on any atom is 0.407 e. The van der Waals surface area contributed by atoms with Crippen molar-refractivity contribution in [3.63, 3.8) is 0 Å². The van der Waals surface area contributed by atoms with Crippen LogP contribution in [0.1, 0.15) is 63.5 Å². The van der Waals surface area contributed by atoms with Crippen LogP contribution in [0.4, 0.5) is 4.79 Å². The zero-order valence-corrected chi connectivity index (χ0v) is 20.7. The number of hydrogen-bond acceptors (Lipinski definition) is 4. The quantitative estimate of drug-likeness (QED) is 0.596. The van der Waals surface area contributed by atoms with Gasteiger partial charge < -0.3 is 20.1 Å². The van der Waals surface area contributed by atoms with Crippen LogP contribution in [0.15, 0.2) is 48.5 Å². The number of rotatable bonds is 7. The Labute approximate surface area is 206 Å². The average molecular weight is 479 g/mol. The number of likely N-dealkylation sites (tertiary alicyclic amines) is 1. The molecule has 1 aliphatic carbocycles. The number of amides is 2. The predicted molar refractivity (Wildman–Crippen MR) is 133 cm³/mol. The Morgan fingerprint density at radius 1 is 1.03 bits per heavy atom. The van der Waals surface area contributed by atoms with Crippen LogP contribution in [0.5, 0.6) is 0 Å². The molecule has 0 unspecified atom stereocenters. The molecule has 2 N–H and O–H groups in total. The van der Waals surface area contributed by atoms with Gasteiger partial charge in [0.05, 0.1) is 5.41 Å². The lowest BCUT2D eigenvalue weighted by atomic mass is 9.76. The Bertz CT molecular complexity index is 1070. The third kappa shape index (κ3) is 5.04. The number of piperidine rings is 1. The smallest absolute Gasteiger partial charge is 0.407 e. The van der Waals surface area contributed by atoms with Gasteiger partial charge in [0, 0.05) is 31.0 Å². The number of fused-ring (bicyclic) bond motifs is 3. The van der Waals surface area contributed by atoms with E-state index in [1.54, 1.807) is 18.7 Å². The van der Waals surface area contributed by atoms with Gasteiger partial charge in [-0.3, -0.25) is 9.59 Å². The van der Waals surface area contributed by atoms with Crippen LogP contribution in [-0.2, 0) is 14.3 Å². The number of nitrogens with one attached hydrogen (secondary N) is 1. The first-order valence-corrected chi connectivity index (χ1v) is 12.3. The van der Waals surface area contributed by atoms with Crippen LogP contribution in [0.2, 0.25) is 0 Å². The summed E-state index contributed by atoms with van der Waals surface area (Å²) in [7, 11) is 0. The van der Waals surface area contributed by atoms with Crippen molar-refractivity contribution in [1.29, 1.82) is 0 Å². The van der Waals surface area contributed by atoms with Crippen molar-refractivity contribution in [3.05, 3.63) is 59.7 Å². The van der Waals surface area contributed by atoms with Gasteiger partial charge >= 0.3 is 12.1 Å². The van der Waals surface area contributed by atoms with E-state index in [9.17, 15) is 19.5 Å². The van der Waals surface area contributed by atoms with Crippen LogP contribution >= 0.6 is 0 Å². The zero-order chi connectivity index (χ0) is 25.2. The molecule has 0 bridgehead atoms. The van der Waals surface area contributed by atoms with Gasteiger partial charge in [-0.2, -0.15) is 0 Å². The Hall–Kier alpha value is -3.35. The summed E-state index contributed by atoms with van der Waals surface area (Å²) < 4.78 is 5.63. The van der Waals surface area contributed by atoms with E-state index in [4.69, 9.17) is 4.74 Å². The van der Waals surface area contributed by atoms with Gasteiger partial charge in [0.25, 0.3) is 0 Å². The van der Waals surface area contributed by atoms with Gasteiger partial charge in [0.15, 0.2) is 0 Å². The monoisotopic (exact) mass is 478 g/mol. The molecule has 2 aliphatic rings. The molecule has 2 aromatic carbocycles. The van der Waals surface area contributed by atoms with Gasteiger partial charge in [0.2, 0.25) is 5.91 Å². The predicted octanol–water partition coefficient (Wildman–Crippen LogP) is 4.80. The molecular weight excluding hydrogens is 444 g/mol. The molecule has 0 spiro atoms. The van der Waals surface area contributed by atoms with E-state index in [2.05, 4.69) is 29.6 Å². The minimum absolute atomic E-state index is 0.0284. The number of carbonyl (C=O) groups excluding carboxylic acids is 2. The van der Waals surface area contributed by atoms with Gasteiger partial charge in [0.1, 0.15) is 6.61 Å². The van der Waals surface area contributed by atoms with Gasteiger partial charge in [-0.1, -0.05) is 55.5 Å². The Morgan fingerprint density at radius 3 is 2.09 bits per heavy atom. The number of carbonyl (C=O) groups is 3. The standard InChI is InChI=1S/C28H34N2O5/c1-4-28(25(32)33)13-15-30(16-14-28)24(31)17-27(2,3)29-26(34)35-18-23-21-11-7-5-9-19(21)20-10-6-8-12-22(20)23/h5-12,23H,4,13-18H2,1-3H3,(H,29,34)(H,32,33).